The number of rotatable bonds is 15. The number of aliphatic carboxylic acids is 1. The summed E-state index contributed by atoms with van der Waals surface area (Å²) in [7, 11) is 0. The van der Waals surface area contributed by atoms with Crippen molar-refractivity contribution >= 4 is 12.4 Å². The first-order valence-electron chi connectivity index (χ1n) is 10.7. The van der Waals surface area contributed by atoms with E-state index in [9.17, 15) is 14.7 Å². The summed E-state index contributed by atoms with van der Waals surface area (Å²) < 4.78 is 5.07. The van der Waals surface area contributed by atoms with Crippen molar-refractivity contribution in [3.63, 3.8) is 0 Å². The summed E-state index contributed by atoms with van der Waals surface area (Å²) in [6.45, 7) is 7.89. The fraction of sp³-hybridized carbons (Fsp3) is 0.667. The van der Waals surface area contributed by atoms with E-state index in [0.29, 0.717) is 18.6 Å². The van der Waals surface area contributed by atoms with E-state index in [1.807, 2.05) is 26.0 Å². The number of aromatic hydroxyl groups is 1. The van der Waals surface area contributed by atoms with Crippen LogP contribution in [0.4, 0.5) is 0 Å². The van der Waals surface area contributed by atoms with Crippen molar-refractivity contribution in [1.29, 1.82) is 0 Å². The van der Waals surface area contributed by atoms with Crippen molar-refractivity contribution in [3.05, 3.63) is 29.3 Å². The molecular formula is C24H38O5. The summed E-state index contributed by atoms with van der Waals surface area (Å²) in [4.78, 5) is 21.6. The topological polar surface area (TPSA) is 83.8 Å². The van der Waals surface area contributed by atoms with Gasteiger partial charge in [0, 0.05) is 0 Å². The fourth-order valence-corrected chi connectivity index (χ4v) is 3.46. The smallest absolute Gasteiger partial charge is 0.309 e. The number of phenols is 1. The summed E-state index contributed by atoms with van der Waals surface area (Å²) in [5, 5.41) is 19.2. The van der Waals surface area contributed by atoms with Crippen molar-refractivity contribution in [2.24, 2.45) is 5.41 Å². The highest BCUT2D eigenvalue weighted by atomic mass is 16.5. The Morgan fingerprint density at radius 2 is 1.41 bits per heavy atom. The molecule has 0 saturated heterocycles. The van der Waals surface area contributed by atoms with E-state index in [1.165, 1.54) is 0 Å². The van der Waals surface area contributed by atoms with E-state index in [1.54, 1.807) is 13.8 Å². The van der Waals surface area contributed by atoms with E-state index in [2.05, 4.69) is 6.07 Å². The van der Waals surface area contributed by atoms with Crippen LogP contribution in [0.25, 0.3) is 0 Å². The second-order valence-electron chi connectivity index (χ2n) is 9.29. The van der Waals surface area contributed by atoms with Gasteiger partial charge in [0.1, 0.15) is 11.4 Å². The van der Waals surface area contributed by atoms with E-state index in [-0.39, 0.29) is 0 Å². The maximum absolute atomic E-state index is 11.1. The number of carboxylic acids is 1. The monoisotopic (exact) mass is 406 g/mol. The van der Waals surface area contributed by atoms with Crippen LogP contribution in [0, 0.1) is 5.41 Å². The van der Waals surface area contributed by atoms with Gasteiger partial charge < -0.3 is 14.9 Å². The number of hydrogen-bond acceptors (Lipinski definition) is 4. The molecule has 0 radical (unpaired) electrons. The number of phenolic OH excluding ortho intramolecular Hbond substituents is 1. The van der Waals surface area contributed by atoms with Crippen LogP contribution in [-0.4, -0.2) is 28.3 Å². The van der Waals surface area contributed by atoms with Crippen molar-refractivity contribution < 1.29 is 24.5 Å². The molecule has 0 bridgehead atoms. The van der Waals surface area contributed by atoms with Crippen molar-refractivity contribution in [2.75, 3.05) is 0 Å². The van der Waals surface area contributed by atoms with Crippen LogP contribution in [0.3, 0.4) is 0 Å². The van der Waals surface area contributed by atoms with Gasteiger partial charge in [-0.3, -0.25) is 9.59 Å². The molecule has 0 aliphatic carbocycles. The third-order valence-electron chi connectivity index (χ3n) is 5.49. The zero-order valence-corrected chi connectivity index (χ0v) is 18.5. The van der Waals surface area contributed by atoms with Gasteiger partial charge in [-0.05, 0) is 95.9 Å². The zero-order valence-electron chi connectivity index (χ0n) is 18.5. The maximum atomic E-state index is 11.1. The lowest BCUT2D eigenvalue weighted by Gasteiger charge is -2.22. The Hall–Kier alpha value is -2.04. The van der Waals surface area contributed by atoms with Crippen LogP contribution < -0.4 is 0 Å². The molecule has 1 rings (SSSR count). The van der Waals surface area contributed by atoms with Gasteiger partial charge in [-0.1, -0.05) is 25.3 Å². The first-order chi connectivity index (χ1) is 13.6. The molecule has 0 saturated carbocycles. The molecular weight excluding hydrogens is 368 g/mol. The lowest BCUT2D eigenvalue weighted by molar-refractivity contribution is -0.147. The SMILES string of the molecule is CC(C)(CCCCc1cc(O)cc(CCCCCCC(C)(C)C(=O)O)c1)OC=O. The summed E-state index contributed by atoms with van der Waals surface area (Å²) >= 11 is 0. The highest BCUT2D eigenvalue weighted by molar-refractivity contribution is 5.73. The molecule has 0 aliphatic heterocycles. The van der Waals surface area contributed by atoms with Crippen LogP contribution in [0.1, 0.15) is 90.2 Å². The third kappa shape index (κ3) is 10.3. The summed E-state index contributed by atoms with van der Waals surface area (Å²) in [6, 6.07) is 5.82. The molecule has 0 unspecified atom stereocenters. The summed E-state index contributed by atoms with van der Waals surface area (Å²) in [5.41, 5.74) is 1.22. The number of carbonyl (C=O) groups excluding carboxylic acids is 1. The van der Waals surface area contributed by atoms with Crippen molar-refractivity contribution in [3.8, 4) is 5.75 Å². The van der Waals surface area contributed by atoms with Crippen LogP contribution in [0.15, 0.2) is 18.2 Å². The molecule has 1 aromatic carbocycles. The Morgan fingerprint density at radius 1 is 0.897 bits per heavy atom. The van der Waals surface area contributed by atoms with E-state index in [0.717, 1.165) is 68.9 Å². The van der Waals surface area contributed by atoms with Crippen LogP contribution in [-0.2, 0) is 27.2 Å². The standard InChI is InChI=1S/C24H38O5/c1-23(2,22(27)28)13-9-6-5-7-11-19-15-20(17-21(26)16-19)12-8-10-14-24(3,4)29-18-25/h15-18,26H,5-14H2,1-4H3,(H,27,28). The number of aryl methyl sites for hydroxylation is 2. The number of benzene rings is 1. The van der Waals surface area contributed by atoms with E-state index < -0.39 is 17.0 Å². The lowest BCUT2D eigenvalue weighted by atomic mass is 9.87. The molecule has 0 spiro atoms. The molecule has 0 atom stereocenters. The Morgan fingerprint density at radius 3 is 1.97 bits per heavy atom. The van der Waals surface area contributed by atoms with Gasteiger partial charge >= 0.3 is 5.97 Å². The molecule has 164 valence electrons. The summed E-state index contributed by atoms with van der Waals surface area (Å²) in [5.74, 6) is -0.421. The molecule has 0 fully saturated rings. The molecule has 2 N–H and O–H groups in total. The van der Waals surface area contributed by atoms with Gasteiger partial charge in [-0.2, -0.15) is 0 Å². The number of ether oxygens (including phenoxy) is 1. The Kier molecular flexibility index (Phi) is 10.2. The molecule has 5 heteroatoms. The van der Waals surface area contributed by atoms with E-state index >= 15 is 0 Å². The van der Waals surface area contributed by atoms with Crippen molar-refractivity contribution in [2.45, 2.75) is 97.5 Å². The Balaban J connectivity index is 2.34. The normalized spacial score (nSPS) is 12.0. The molecule has 5 nitrogen and oxygen atoms in total. The number of hydrogen-bond donors (Lipinski definition) is 2. The van der Waals surface area contributed by atoms with Gasteiger partial charge in [0.25, 0.3) is 6.47 Å². The van der Waals surface area contributed by atoms with Gasteiger partial charge in [-0.15, -0.1) is 0 Å². The average Bonchev–Trinajstić information content (AvgIpc) is 2.61. The predicted molar refractivity (Wildman–Crippen MR) is 115 cm³/mol. The highest BCUT2D eigenvalue weighted by Crippen LogP contribution is 2.25. The Labute approximate surface area is 175 Å². The van der Waals surface area contributed by atoms with Crippen LogP contribution in [0.5, 0.6) is 5.75 Å². The minimum atomic E-state index is -0.732. The highest BCUT2D eigenvalue weighted by Gasteiger charge is 2.25. The quantitative estimate of drug-likeness (QED) is 0.290. The van der Waals surface area contributed by atoms with Gasteiger partial charge in [0.05, 0.1) is 5.41 Å². The zero-order chi connectivity index (χ0) is 21.9. The average molecular weight is 407 g/mol. The van der Waals surface area contributed by atoms with Gasteiger partial charge in [0.2, 0.25) is 0 Å². The molecule has 1 aromatic rings. The van der Waals surface area contributed by atoms with Crippen LogP contribution >= 0.6 is 0 Å². The van der Waals surface area contributed by atoms with Crippen molar-refractivity contribution in [1.82, 2.24) is 0 Å². The second-order valence-corrected chi connectivity index (χ2v) is 9.29. The number of carboxylic acid groups (broad SMARTS) is 1. The maximum Gasteiger partial charge on any atom is 0.309 e. The number of carbonyl (C=O) groups is 2. The molecule has 0 aromatic heterocycles. The molecule has 29 heavy (non-hydrogen) atoms. The molecule has 0 amide bonds. The molecule has 0 aliphatic rings. The summed E-state index contributed by atoms with van der Waals surface area (Å²) in [6.07, 6.45) is 9.32. The Bertz CT molecular complexity index is 649. The predicted octanol–water partition coefficient (Wildman–Crippen LogP) is 5.66. The first kappa shape index (κ1) is 25.0. The van der Waals surface area contributed by atoms with E-state index in [4.69, 9.17) is 9.84 Å². The minimum absolute atomic E-state index is 0.310. The second kappa shape index (κ2) is 11.8. The third-order valence-corrected chi connectivity index (χ3v) is 5.49. The van der Waals surface area contributed by atoms with Crippen LogP contribution in [0.2, 0.25) is 0 Å². The van der Waals surface area contributed by atoms with Gasteiger partial charge in [0.15, 0.2) is 0 Å². The first-order valence-corrected chi connectivity index (χ1v) is 10.7. The van der Waals surface area contributed by atoms with Gasteiger partial charge in [-0.25, -0.2) is 0 Å². The lowest BCUT2D eigenvalue weighted by Crippen LogP contribution is -2.23. The largest absolute Gasteiger partial charge is 0.508 e. The molecule has 0 heterocycles. The minimum Gasteiger partial charge on any atom is -0.508 e. The number of unbranched alkanes of at least 4 members (excludes halogenated alkanes) is 4. The fourth-order valence-electron chi connectivity index (χ4n) is 3.46.